The number of urea groups is 1. The number of nitrogens with one attached hydrogen (secondary N) is 1. The monoisotopic (exact) mass is 287 g/mol. The van der Waals surface area contributed by atoms with Crippen molar-refractivity contribution in [3.8, 4) is 0 Å². The Morgan fingerprint density at radius 3 is 2.95 bits per heavy atom. The first kappa shape index (κ1) is 15.3. The van der Waals surface area contributed by atoms with Crippen molar-refractivity contribution < 1.29 is 14.7 Å². The van der Waals surface area contributed by atoms with Crippen molar-refractivity contribution in [2.45, 2.75) is 13.1 Å². The number of hydrogen-bond donors (Lipinski definition) is 2. The molecule has 19 heavy (non-hydrogen) atoms. The molecule has 0 aliphatic heterocycles. The lowest BCUT2D eigenvalue weighted by Gasteiger charge is -2.16. The van der Waals surface area contributed by atoms with E-state index in [9.17, 15) is 9.59 Å². The van der Waals surface area contributed by atoms with E-state index in [0.717, 1.165) is 5.75 Å². The van der Waals surface area contributed by atoms with Crippen molar-refractivity contribution in [1.82, 2.24) is 25.2 Å². The number of aromatic nitrogens is 3. The number of carbonyl (C=O) groups is 2. The van der Waals surface area contributed by atoms with Gasteiger partial charge in [0.25, 0.3) is 0 Å². The van der Waals surface area contributed by atoms with Crippen molar-refractivity contribution >= 4 is 23.8 Å². The molecule has 8 nitrogen and oxygen atoms in total. The van der Waals surface area contributed by atoms with E-state index in [1.807, 2.05) is 6.26 Å². The van der Waals surface area contributed by atoms with E-state index in [-0.39, 0.29) is 19.1 Å². The highest BCUT2D eigenvalue weighted by molar-refractivity contribution is 7.98. The highest BCUT2D eigenvalue weighted by Crippen LogP contribution is 1.96. The molecular formula is C10H17N5O3S. The molecule has 9 heteroatoms. The topological polar surface area (TPSA) is 100 Å². The molecule has 0 saturated carbocycles. The molecule has 0 radical (unpaired) electrons. The van der Waals surface area contributed by atoms with E-state index in [1.165, 1.54) is 10.9 Å². The Kier molecular flexibility index (Phi) is 6.13. The maximum atomic E-state index is 11.7. The van der Waals surface area contributed by atoms with Gasteiger partial charge in [0.2, 0.25) is 0 Å². The summed E-state index contributed by atoms with van der Waals surface area (Å²) in [6.07, 6.45) is 3.48. The molecule has 0 spiro atoms. The second-order valence-electron chi connectivity index (χ2n) is 3.87. The lowest BCUT2D eigenvalue weighted by molar-refractivity contribution is -0.137. The molecule has 0 bridgehead atoms. The van der Waals surface area contributed by atoms with E-state index in [1.54, 1.807) is 23.7 Å². The summed E-state index contributed by atoms with van der Waals surface area (Å²) < 4.78 is 1.21. The van der Waals surface area contributed by atoms with Crippen LogP contribution in [0.3, 0.4) is 0 Å². The third-order valence-corrected chi connectivity index (χ3v) is 2.87. The lowest BCUT2D eigenvalue weighted by Crippen LogP contribution is -2.38. The number of carboxylic acids is 1. The molecule has 1 heterocycles. The summed E-state index contributed by atoms with van der Waals surface area (Å²) in [6.45, 7) is 0.648. The van der Waals surface area contributed by atoms with Crippen molar-refractivity contribution in [3.63, 3.8) is 0 Å². The Morgan fingerprint density at radius 2 is 2.32 bits per heavy atom. The second kappa shape index (κ2) is 7.62. The molecular weight excluding hydrogens is 270 g/mol. The maximum Gasteiger partial charge on any atom is 0.325 e. The van der Waals surface area contributed by atoms with Crippen LogP contribution in [0.5, 0.6) is 0 Å². The van der Waals surface area contributed by atoms with Gasteiger partial charge in [-0.3, -0.25) is 4.79 Å². The molecule has 0 saturated heterocycles. The fraction of sp³-hybridized carbons (Fsp3) is 0.600. The quantitative estimate of drug-likeness (QED) is 0.724. The second-order valence-corrected chi connectivity index (χ2v) is 4.86. The SMILES string of the molecule is CSCCN(C)C(=O)NCc1cn(CC(=O)O)nn1. The van der Waals surface area contributed by atoms with Crippen LogP contribution >= 0.6 is 11.8 Å². The number of carboxylic acid groups (broad SMARTS) is 1. The fourth-order valence-electron chi connectivity index (χ4n) is 1.27. The molecule has 2 amide bonds. The molecule has 2 N–H and O–H groups in total. The lowest BCUT2D eigenvalue weighted by atomic mass is 10.4. The molecule has 0 fully saturated rings. The molecule has 1 aromatic heterocycles. The standard InChI is InChI=1S/C10H17N5O3S/c1-14(3-4-19-2)10(18)11-5-8-6-15(13-12-8)7-9(16)17/h6H,3-5,7H2,1-2H3,(H,11,18)(H,16,17). The maximum absolute atomic E-state index is 11.7. The van der Waals surface area contributed by atoms with Crippen LogP contribution in [0.15, 0.2) is 6.20 Å². The Hall–Kier alpha value is -1.77. The first-order valence-corrected chi connectivity index (χ1v) is 7.01. The van der Waals surface area contributed by atoms with Crippen LogP contribution in [0, 0.1) is 0 Å². The number of amides is 2. The first-order chi connectivity index (χ1) is 9.02. The predicted molar refractivity (Wildman–Crippen MR) is 70.9 cm³/mol. The van der Waals surface area contributed by atoms with Gasteiger partial charge in [0.05, 0.1) is 12.7 Å². The van der Waals surface area contributed by atoms with Crippen LogP contribution < -0.4 is 5.32 Å². The van der Waals surface area contributed by atoms with Gasteiger partial charge < -0.3 is 15.3 Å². The highest BCUT2D eigenvalue weighted by Gasteiger charge is 2.09. The van der Waals surface area contributed by atoms with Crippen molar-refractivity contribution in [2.75, 3.05) is 25.6 Å². The van der Waals surface area contributed by atoms with Gasteiger partial charge in [0.15, 0.2) is 0 Å². The summed E-state index contributed by atoms with van der Waals surface area (Å²) in [5, 5.41) is 18.7. The minimum atomic E-state index is -0.989. The Balaban J connectivity index is 2.37. The minimum absolute atomic E-state index is 0.193. The number of rotatable bonds is 7. The van der Waals surface area contributed by atoms with Gasteiger partial charge >= 0.3 is 12.0 Å². The zero-order chi connectivity index (χ0) is 14.3. The predicted octanol–water partition coefficient (Wildman–Crippen LogP) is -0.133. The summed E-state index contributed by atoms with van der Waals surface area (Å²) in [5.41, 5.74) is 0.521. The van der Waals surface area contributed by atoms with Crippen molar-refractivity contribution in [1.29, 1.82) is 0 Å². The molecule has 1 aromatic rings. The molecule has 0 atom stereocenters. The van der Waals surface area contributed by atoms with Gasteiger partial charge in [-0.05, 0) is 6.26 Å². The number of hydrogen-bond acceptors (Lipinski definition) is 5. The van der Waals surface area contributed by atoms with E-state index >= 15 is 0 Å². The molecule has 0 unspecified atom stereocenters. The molecule has 106 valence electrons. The van der Waals surface area contributed by atoms with E-state index in [0.29, 0.717) is 12.2 Å². The zero-order valence-electron chi connectivity index (χ0n) is 10.9. The number of thioether (sulfide) groups is 1. The molecule has 0 aliphatic rings. The Labute approximate surface area is 115 Å². The van der Waals surface area contributed by atoms with Gasteiger partial charge in [-0.15, -0.1) is 5.10 Å². The number of carbonyl (C=O) groups excluding carboxylic acids is 1. The average Bonchev–Trinajstić information content (AvgIpc) is 2.79. The van der Waals surface area contributed by atoms with Gasteiger partial charge in [-0.1, -0.05) is 5.21 Å². The van der Waals surface area contributed by atoms with Gasteiger partial charge in [0, 0.05) is 19.3 Å². The van der Waals surface area contributed by atoms with E-state index in [2.05, 4.69) is 15.6 Å². The van der Waals surface area contributed by atoms with Crippen LogP contribution in [0.25, 0.3) is 0 Å². The smallest absolute Gasteiger partial charge is 0.325 e. The fourth-order valence-corrected chi connectivity index (χ4v) is 1.72. The summed E-state index contributed by atoms with van der Waals surface area (Å²) >= 11 is 1.67. The van der Waals surface area contributed by atoms with Crippen LogP contribution in [-0.2, 0) is 17.9 Å². The largest absolute Gasteiger partial charge is 0.480 e. The third-order valence-electron chi connectivity index (χ3n) is 2.28. The third kappa shape index (κ3) is 5.60. The van der Waals surface area contributed by atoms with Crippen LogP contribution in [0.1, 0.15) is 5.69 Å². The van der Waals surface area contributed by atoms with Gasteiger partial charge in [-0.2, -0.15) is 11.8 Å². The normalized spacial score (nSPS) is 10.2. The van der Waals surface area contributed by atoms with Crippen LogP contribution in [-0.4, -0.2) is 62.6 Å². The van der Waals surface area contributed by atoms with Crippen molar-refractivity contribution in [2.24, 2.45) is 0 Å². The first-order valence-electron chi connectivity index (χ1n) is 5.61. The summed E-state index contributed by atoms with van der Waals surface area (Å²) in [5.74, 6) is -0.115. The molecule has 0 aromatic carbocycles. The minimum Gasteiger partial charge on any atom is -0.480 e. The summed E-state index contributed by atoms with van der Waals surface area (Å²) in [4.78, 5) is 23.7. The van der Waals surface area contributed by atoms with Gasteiger partial charge in [0.1, 0.15) is 12.2 Å². The van der Waals surface area contributed by atoms with Crippen LogP contribution in [0.4, 0.5) is 4.79 Å². The van der Waals surface area contributed by atoms with Gasteiger partial charge in [-0.25, -0.2) is 9.48 Å². The average molecular weight is 287 g/mol. The summed E-state index contributed by atoms with van der Waals surface area (Å²) in [7, 11) is 1.72. The van der Waals surface area contributed by atoms with Crippen molar-refractivity contribution in [3.05, 3.63) is 11.9 Å². The summed E-state index contributed by atoms with van der Waals surface area (Å²) in [6, 6.07) is -0.193. The van der Waals surface area contributed by atoms with E-state index in [4.69, 9.17) is 5.11 Å². The molecule has 1 rings (SSSR count). The van der Waals surface area contributed by atoms with E-state index < -0.39 is 5.97 Å². The zero-order valence-corrected chi connectivity index (χ0v) is 11.7. The molecule has 0 aliphatic carbocycles. The van der Waals surface area contributed by atoms with Crippen LogP contribution in [0.2, 0.25) is 0 Å². The number of aliphatic carboxylic acids is 1. The Bertz CT molecular complexity index is 437. The number of nitrogens with zero attached hydrogens (tertiary/aromatic N) is 4. The Morgan fingerprint density at radius 1 is 1.58 bits per heavy atom. The highest BCUT2D eigenvalue weighted by atomic mass is 32.2.